The van der Waals surface area contributed by atoms with E-state index in [1.54, 1.807) is 0 Å². The average molecular weight is 550 g/mol. The number of benzene rings is 2. The largest absolute Gasteiger partial charge is 0.252 e. The quantitative estimate of drug-likeness (QED) is 0.217. The molecule has 0 aliphatic heterocycles. The molecule has 3 heteroatoms. The summed E-state index contributed by atoms with van der Waals surface area (Å²) in [4.78, 5) is 5.51. The van der Waals surface area contributed by atoms with Gasteiger partial charge < -0.3 is 0 Å². The Morgan fingerprint density at radius 3 is 1.79 bits per heavy atom. The first-order chi connectivity index (χ1) is 17.9. The third kappa shape index (κ3) is 7.28. The number of rotatable bonds is 11. The molecule has 0 spiro atoms. The first kappa shape index (κ1) is 30.8. The Morgan fingerprint density at radius 1 is 0.711 bits per heavy atom. The third-order valence-corrected chi connectivity index (χ3v) is 11.7. The van der Waals surface area contributed by atoms with Crippen molar-refractivity contribution in [3.8, 4) is 11.3 Å². The zero-order valence-corrected chi connectivity index (χ0v) is 27.0. The van der Waals surface area contributed by atoms with Crippen molar-refractivity contribution in [1.82, 2.24) is 4.98 Å². The van der Waals surface area contributed by atoms with Crippen LogP contribution in [0.25, 0.3) is 11.3 Å². The van der Waals surface area contributed by atoms with Gasteiger partial charge in [-0.05, 0) is 82.4 Å². The summed E-state index contributed by atoms with van der Waals surface area (Å²) in [6.45, 7) is 23.5. The van der Waals surface area contributed by atoms with Crippen molar-refractivity contribution in [2.24, 2.45) is 0 Å². The minimum atomic E-state index is -0.265. The van der Waals surface area contributed by atoms with Gasteiger partial charge in [-0.1, -0.05) is 125 Å². The van der Waals surface area contributed by atoms with Gasteiger partial charge in [0.1, 0.15) is 0 Å². The summed E-state index contributed by atoms with van der Waals surface area (Å²) in [5, 5.41) is 0.875. The summed E-state index contributed by atoms with van der Waals surface area (Å²) in [7, 11) is -0.265. The molecule has 206 valence electrons. The van der Waals surface area contributed by atoms with E-state index < -0.39 is 0 Å². The molecule has 0 saturated carbocycles. The van der Waals surface area contributed by atoms with Gasteiger partial charge in [0, 0.05) is 21.9 Å². The molecular formula is C35H49ClNP. The lowest BCUT2D eigenvalue weighted by Gasteiger charge is -2.34. The third-order valence-electron chi connectivity index (χ3n) is 7.70. The van der Waals surface area contributed by atoms with E-state index in [9.17, 15) is 0 Å². The Hall–Kier alpha value is -1.69. The highest BCUT2D eigenvalue weighted by molar-refractivity contribution is 7.59. The van der Waals surface area contributed by atoms with Crippen LogP contribution in [0.3, 0.4) is 0 Å². The molecule has 1 nitrogen and oxygen atoms in total. The van der Waals surface area contributed by atoms with Gasteiger partial charge in [0.15, 0.2) is 0 Å². The fourth-order valence-corrected chi connectivity index (χ4v) is 9.53. The fourth-order valence-electron chi connectivity index (χ4n) is 5.79. The van der Waals surface area contributed by atoms with E-state index in [-0.39, 0.29) is 7.92 Å². The molecule has 0 fully saturated rings. The lowest BCUT2D eigenvalue weighted by Crippen LogP contribution is -2.14. The topological polar surface area (TPSA) is 12.9 Å². The summed E-state index contributed by atoms with van der Waals surface area (Å²) >= 11 is 6.58. The summed E-state index contributed by atoms with van der Waals surface area (Å²) < 4.78 is 0. The summed E-state index contributed by atoms with van der Waals surface area (Å²) in [6, 6.07) is 20.0. The average Bonchev–Trinajstić information content (AvgIpc) is 2.85. The molecule has 0 amide bonds. The molecule has 0 saturated heterocycles. The van der Waals surface area contributed by atoms with Gasteiger partial charge >= 0.3 is 0 Å². The molecule has 38 heavy (non-hydrogen) atoms. The number of nitrogens with zero attached hydrogens (tertiary/aromatic N) is 1. The standard InChI is InChI=1S/C35H49ClNP/c1-22(2)28-20-29(23(3)4)35(30(21-28)24(5)6)33-17-13-16-32(37-33)34(38(25(7)8)26(9)10)19-18-27-14-11-12-15-31(27)36/h11-17,20-26,34H,18-19H2,1-10H3. The number of aromatic nitrogens is 1. The molecular weight excluding hydrogens is 501 g/mol. The zero-order valence-electron chi connectivity index (χ0n) is 25.3. The summed E-state index contributed by atoms with van der Waals surface area (Å²) in [5.74, 6) is 1.38. The first-order valence-corrected chi connectivity index (χ1v) is 16.5. The van der Waals surface area contributed by atoms with Crippen molar-refractivity contribution in [3.63, 3.8) is 0 Å². The second kappa shape index (κ2) is 13.6. The highest BCUT2D eigenvalue weighted by Gasteiger charge is 2.30. The Morgan fingerprint density at radius 2 is 1.29 bits per heavy atom. The van der Waals surface area contributed by atoms with E-state index in [2.05, 4.69) is 112 Å². The van der Waals surface area contributed by atoms with Crippen LogP contribution in [-0.2, 0) is 6.42 Å². The van der Waals surface area contributed by atoms with Gasteiger partial charge in [-0.15, -0.1) is 0 Å². The molecule has 1 aromatic heterocycles. The highest BCUT2D eigenvalue weighted by Crippen LogP contribution is 2.60. The van der Waals surface area contributed by atoms with Gasteiger partial charge in [-0.25, -0.2) is 0 Å². The number of aryl methyl sites for hydroxylation is 1. The van der Waals surface area contributed by atoms with Crippen molar-refractivity contribution >= 4 is 19.5 Å². The van der Waals surface area contributed by atoms with Crippen LogP contribution in [0.15, 0.2) is 54.6 Å². The molecule has 0 N–H and O–H groups in total. The smallest absolute Gasteiger partial charge is 0.0711 e. The number of halogens is 1. The van der Waals surface area contributed by atoms with Crippen LogP contribution >= 0.6 is 19.5 Å². The molecule has 0 bridgehead atoms. The Balaban J connectivity index is 2.16. The van der Waals surface area contributed by atoms with Gasteiger partial charge in [0.2, 0.25) is 0 Å². The van der Waals surface area contributed by atoms with E-state index in [0.717, 1.165) is 23.6 Å². The van der Waals surface area contributed by atoms with E-state index >= 15 is 0 Å². The van der Waals surface area contributed by atoms with Crippen molar-refractivity contribution < 1.29 is 0 Å². The number of hydrogen-bond donors (Lipinski definition) is 0. The van der Waals surface area contributed by atoms with Crippen molar-refractivity contribution in [1.29, 1.82) is 0 Å². The van der Waals surface area contributed by atoms with Gasteiger partial charge in [0.25, 0.3) is 0 Å². The van der Waals surface area contributed by atoms with Crippen molar-refractivity contribution in [2.75, 3.05) is 0 Å². The molecule has 0 aliphatic rings. The Bertz CT molecular complexity index is 1160. The summed E-state index contributed by atoms with van der Waals surface area (Å²) in [6.07, 6.45) is 2.05. The van der Waals surface area contributed by atoms with Crippen LogP contribution in [0.4, 0.5) is 0 Å². The number of pyridine rings is 1. The molecule has 2 aromatic carbocycles. The lowest BCUT2D eigenvalue weighted by atomic mass is 9.83. The maximum Gasteiger partial charge on any atom is 0.0711 e. The zero-order chi connectivity index (χ0) is 28.1. The van der Waals surface area contributed by atoms with Gasteiger partial charge in [-0.3, -0.25) is 4.98 Å². The minimum absolute atomic E-state index is 0.265. The molecule has 0 aliphatic carbocycles. The van der Waals surface area contributed by atoms with E-state index in [0.29, 0.717) is 34.7 Å². The Labute approximate surface area is 239 Å². The lowest BCUT2D eigenvalue weighted by molar-refractivity contribution is 0.753. The molecule has 0 radical (unpaired) electrons. The molecule has 1 heterocycles. The van der Waals surface area contributed by atoms with Crippen LogP contribution in [0.5, 0.6) is 0 Å². The van der Waals surface area contributed by atoms with Crippen LogP contribution in [0.1, 0.15) is 127 Å². The number of hydrogen-bond acceptors (Lipinski definition) is 1. The predicted molar refractivity (Wildman–Crippen MR) is 172 cm³/mol. The Kier molecular flexibility index (Phi) is 11.0. The molecule has 3 aromatic rings. The fraction of sp³-hybridized carbons (Fsp3) is 0.514. The normalized spacial score (nSPS) is 13.1. The van der Waals surface area contributed by atoms with Crippen molar-refractivity contribution in [3.05, 3.63) is 87.6 Å². The second-order valence-corrected chi connectivity index (χ2v) is 16.3. The van der Waals surface area contributed by atoms with Crippen LogP contribution in [0, 0.1) is 0 Å². The summed E-state index contributed by atoms with van der Waals surface area (Å²) in [5.41, 5.74) is 11.0. The highest BCUT2D eigenvalue weighted by atomic mass is 35.5. The molecule has 3 rings (SSSR count). The van der Waals surface area contributed by atoms with E-state index in [1.807, 2.05) is 12.1 Å². The van der Waals surface area contributed by atoms with Crippen LogP contribution in [0.2, 0.25) is 5.02 Å². The van der Waals surface area contributed by atoms with Crippen molar-refractivity contribution in [2.45, 2.75) is 117 Å². The van der Waals surface area contributed by atoms with E-state index in [4.69, 9.17) is 16.6 Å². The van der Waals surface area contributed by atoms with E-state index in [1.165, 1.54) is 33.5 Å². The maximum atomic E-state index is 6.58. The SMILES string of the molecule is CC(C)c1cc(C(C)C)c(-c2cccc(C(CCc3ccccc3Cl)P(C(C)C)C(C)C)n2)c(C(C)C)c1. The predicted octanol–water partition coefficient (Wildman–Crippen LogP) is 11.7. The molecule has 1 unspecified atom stereocenters. The molecule has 1 atom stereocenters. The minimum Gasteiger partial charge on any atom is -0.252 e. The van der Waals surface area contributed by atoms with Crippen LogP contribution < -0.4 is 0 Å². The van der Waals surface area contributed by atoms with Crippen LogP contribution in [-0.4, -0.2) is 16.3 Å². The maximum absolute atomic E-state index is 6.58. The van der Waals surface area contributed by atoms with Gasteiger partial charge in [0.05, 0.1) is 5.69 Å². The second-order valence-electron chi connectivity index (χ2n) is 12.3. The van der Waals surface area contributed by atoms with Gasteiger partial charge in [-0.2, -0.15) is 0 Å². The first-order valence-electron chi connectivity index (χ1n) is 14.6. The monoisotopic (exact) mass is 549 g/mol.